The van der Waals surface area contributed by atoms with E-state index in [4.69, 9.17) is 9.29 Å². The van der Waals surface area contributed by atoms with Gasteiger partial charge in [0.15, 0.2) is 0 Å². The van der Waals surface area contributed by atoms with E-state index in [9.17, 15) is 18.3 Å². The van der Waals surface area contributed by atoms with Gasteiger partial charge in [0.1, 0.15) is 0 Å². The van der Waals surface area contributed by atoms with Gasteiger partial charge in [-0.15, -0.1) is 0 Å². The number of rotatable bonds is 6. The van der Waals surface area contributed by atoms with Crippen molar-refractivity contribution in [3.63, 3.8) is 0 Å². The third kappa shape index (κ3) is 7.28. The van der Waals surface area contributed by atoms with Gasteiger partial charge in [-0.25, -0.2) is 4.79 Å². The Morgan fingerprint density at radius 2 is 1.85 bits per heavy atom. The first-order valence-corrected chi connectivity index (χ1v) is 7.34. The Balaban J connectivity index is 0.00000361. The van der Waals surface area contributed by atoms with Crippen LogP contribution in [0.15, 0.2) is 24.3 Å². The van der Waals surface area contributed by atoms with Crippen molar-refractivity contribution in [2.75, 3.05) is 12.4 Å². The molecule has 1 aromatic carbocycles. The van der Waals surface area contributed by atoms with Crippen LogP contribution in [0.5, 0.6) is 0 Å². The molecule has 8 heteroatoms. The van der Waals surface area contributed by atoms with Gasteiger partial charge in [-0.2, -0.15) is 8.42 Å². The van der Waals surface area contributed by atoms with Crippen molar-refractivity contribution < 1.29 is 27.6 Å². The van der Waals surface area contributed by atoms with Gasteiger partial charge >= 0.3 is 57.4 Å². The van der Waals surface area contributed by atoms with Crippen molar-refractivity contribution in [1.29, 1.82) is 0 Å². The standard InChI is InChI=1S/C12H16O6S.K.H/c1-2-18-12(14)10-5-3-9(4-6-10)11(13)7-8-19(15,16)17;;/h3-6,11,13H,2,7-8H2,1H3,(H,15,16,17);;. The molecule has 2 N–H and O–H groups in total. The summed E-state index contributed by atoms with van der Waals surface area (Å²) in [6.45, 7) is 1.98. The Morgan fingerprint density at radius 1 is 1.30 bits per heavy atom. The molecule has 0 saturated carbocycles. The fraction of sp³-hybridized carbons (Fsp3) is 0.417. The quantitative estimate of drug-likeness (QED) is 0.449. The number of carbonyl (C=O) groups is 1. The summed E-state index contributed by atoms with van der Waals surface area (Å²) in [5, 5.41) is 9.72. The van der Waals surface area contributed by atoms with Gasteiger partial charge in [0.25, 0.3) is 10.1 Å². The summed E-state index contributed by atoms with van der Waals surface area (Å²) in [6.07, 6.45) is -1.13. The zero-order valence-corrected chi connectivity index (χ0v) is 11.3. The van der Waals surface area contributed by atoms with Gasteiger partial charge in [-0.1, -0.05) is 12.1 Å². The molecule has 0 aliphatic rings. The topological polar surface area (TPSA) is 101 Å². The average Bonchev–Trinajstić information content (AvgIpc) is 2.35. The zero-order valence-electron chi connectivity index (χ0n) is 10.4. The first-order valence-electron chi connectivity index (χ1n) is 5.74. The maximum atomic E-state index is 11.4. The molecule has 0 bridgehead atoms. The summed E-state index contributed by atoms with van der Waals surface area (Å²) in [7, 11) is -4.09. The fourth-order valence-corrected chi connectivity index (χ4v) is 2.00. The summed E-state index contributed by atoms with van der Waals surface area (Å²) in [5.41, 5.74) is 0.823. The van der Waals surface area contributed by atoms with Crippen LogP contribution in [0.2, 0.25) is 0 Å². The van der Waals surface area contributed by atoms with E-state index in [1.807, 2.05) is 0 Å². The van der Waals surface area contributed by atoms with Crippen molar-refractivity contribution in [2.45, 2.75) is 19.4 Å². The first-order chi connectivity index (χ1) is 8.83. The summed E-state index contributed by atoms with van der Waals surface area (Å²) in [4.78, 5) is 11.4. The van der Waals surface area contributed by atoms with Crippen molar-refractivity contribution in [2.24, 2.45) is 0 Å². The molecule has 0 aliphatic heterocycles. The second kappa shape index (κ2) is 9.26. The maximum absolute atomic E-state index is 11.4. The summed E-state index contributed by atoms with van der Waals surface area (Å²) in [5.74, 6) is -0.977. The third-order valence-electron chi connectivity index (χ3n) is 2.46. The molecule has 1 rings (SSSR count). The fourth-order valence-electron chi connectivity index (χ4n) is 1.48. The third-order valence-corrected chi connectivity index (χ3v) is 3.21. The van der Waals surface area contributed by atoms with Gasteiger partial charge in [0.2, 0.25) is 0 Å². The second-order valence-corrected chi connectivity index (χ2v) is 5.51. The molecule has 0 radical (unpaired) electrons. The number of ether oxygens (including phenoxy) is 1. The number of hydrogen-bond donors (Lipinski definition) is 2. The molecule has 1 aromatic rings. The van der Waals surface area contributed by atoms with E-state index >= 15 is 0 Å². The van der Waals surface area contributed by atoms with Gasteiger partial charge in [-0.05, 0) is 31.0 Å². The molecule has 1 atom stereocenters. The average molecular weight is 328 g/mol. The van der Waals surface area contributed by atoms with E-state index in [2.05, 4.69) is 0 Å². The van der Waals surface area contributed by atoms with Gasteiger partial charge in [0, 0.05) is 0 Å². The predicted octanol–water partition coefficient (Wildman–Crippen LogP) is 0.526. The Bertz CT molecular complexity index is 525. The van der Waals surface area contributed by atoms with Crippen LogP contribution < -0.4 is 0 Å². The molecule has 108 valence electrons. The molecule has 0 fully saturated rings. The Labute approximate surface area is 160 Å². The van der Waals surface area contributed by atoms with Crippen molar-refractivity contribution in [1.82, 2.24) is 0 Å². The van der Waals surface area contributed by atoms with E-state index in [0.29, 0.717) is 11.1 Å². The van der Waals surface area contributed by atoms with Crippen LogP contribution in [0.1, 0.15) is 35.4 Å². The minimum absolute atomic E-state index is 0. The number of aliphatic hydroxyl groups is 1. The molecule has 0 amide bonds. The predicted molar refractivity (Wildman–Crippen MR) is 75.5 cm³/mol. The number of benzene rings is 1. The zero-order chi connectivity index (χ0) is 14.5. The number of aliphatic hydroxyl groups excluding tert-OH is 1. The molecule has 0 saturated heterocycles. The van der Waals surface area contributed by atoms with Crippen LogP contribution in [-0.4, -0.2) is 87.8 Å². The first kappa shape index (κ1) is 20.2. The van der Waals surface area contributed by atoms with Crippen molar-refractivity contribution in [3.05, 3.63) is 35.4 Å². The van der Waals surface area contributed by atoms with Crippen LogP contribution in [0.25, 0.3) is 0 Å². The molecular weight excluding hydrogens is 311 g/mol. The molecule has 0 aromatic heterocycles. The van der Waals surface area contributed by atoms with Gasteiger partial charge in [0.05, 0.1) is 24.0 Å². The summed E-state index contributed by atoms with van der Waals surface area (Å²) >= 11 is 0. The molecule has 1 unspecified atom stereocenters. The molecule has 0 aliphatic carbocycles. The van der Waals surface area contributed by atoms with E-state index in [1.54, 1.807) is 6.92 Å². The Morgan fingerprint density at radius 3 is 2.30 bits per heavy atom. The summed E-state index contributed by atoms with van der Waals surface area (Å²) in [6, 6.07) is 6.01. The van der Waals surface area contributed by atoms with E-state index in [1.165, 1.54) is 24.3 Å². The van der Waals surface area contributed by atoms with E-state index < -0.39 is 27.9 Å². The summed E-state index contributed by atoms with van der Waals surface area (Å²) < 4.78 is 34.5. The van der Waals surface area contributed by atoms with Crippen LogP contribution >= 0.6 is 0 Å². The molecule has 20 heavy (non-hydrogen) atoms. The molecule has 6 nitrogen and oxygen atoms in total. The van der Waals surface area contributed by atoms with Gasteiger partial charge in [-0.3, -0.25) is 4.55 Å². The van der Waals surface area contributed by atoms with E-state index in [-0.39, 0.29) is 64.4 Å². The molecule has 0 spiro atoms. The van der Waals surface area contributed by atoms with Crippen molar-refractivity contribution in [3.8, 4) is 0 Å². The van der Waals surface area contributed by atoms with Crippen LogP contribution in [-0.2, 0) is 14.9 Å². The van der Waals surface area contributed by atoms with E-state index in [0.717, 1.165) is 0 Å². The van der Waals surface area contributed by atoms with Crippen LogP contribution in [0, 0.1) is 0 Å². The monoisotopic (exact) mass is 328 g/mol. The number of esters is 1. The second-order valence-electron chi connectivity index (χ2n) is 3.93. The number of carbonyl (C=O) groups excluding carboxylic acids is 1. The van der Waals surface area contributed by atoms with Gasteiger partial charge < -0.3 is 9.84 Å². The van der Waals surface area contributed by atoms with Crippen LogP contribution in [0.3, 0.4) is 0 Å². The Kier molecular flexibility index (Phi) is 9.35. The van der Waals surface area contributed by atoms with Crippen LogP contribution in [0.4, 0.5) is 0 Å². The molecule has 0 heterocycles. The Hall–Kier alpha value is 0.196. The molecular formula is C12H17KO6S. The normalized spacial score (nSPS) is 12.3. The van der Waals surface area contributed by atoms with Crippen molar-refractivity contribution >= 4 is 67.5 Å². The number of hydrogen-bond acceptors (Lipinski definition) is 5. The minimum atomic E-state index is -4.09. The SMILES string of the molecule is CCOC(=O)c1ccc(C(O)CCS(=O)(=O)O)cc1.[KH].